The number of hydrogen-bond donors (Lipinski definition) is 1. The lowest BCUT2D eigenvalue weighted by molar-refractivity contribution is 0.0543. The molecule has 96 valence electrons. The second kappa shape index (κ2) is 7.37. The average molecular weight is 351 g/mol. The van der Waals surface area contributed by atoms with E-state index >= 15 is 0 Å². The predicted octanol–water partition coefficient (Wildman–Crippen LogP) is 3.50. The van der Waals surface area contributed by atoms with Crippen LogP contribution in [0.4, 0.5) is 4.79 Å². The summed E-state index contributed by atoms with van der Waals surface area (Å²) in [5.41, 5.74) is -0.0314. The second-order valence-corrected chi connectivity index (χ2v) is 4.74. The second-order valence-electron chi connectivity index (χ2n) is 4.12. The van der Waals surface area contributed by atoms with Gasteiger partial charge in [-0.1, -0.05) is 12.7 Å². The molecule has 0 saturated heterocycles. The van der Waals surface area contributed by atoms with Gasteiger partial charge in [0.1, 0.15) is 11.4 Å². The fraction of sp³-hybridized carbons (Fsp3) is 0.417. The third-order valence-corrected chi connectivity index (χ3v) is 2.07. The summed E-state index contributed by atoms with van der Waals surface area (Å²) in [6.07, 6.45) is 2.67. The van der Waals surface area contributed by atoms with E-state index in [9.17, 15) is 4.79 Å². The molecule has 0 aliphatic rings. The van der Waals surface area contributed by atoms with Crippen molar-refractivity contribution in [1.82, 2.24) is 5.32 Å². The number of halogens is 1. The Bertz CT molecular complexity index is 340. The highest BCUT2D eigenvalue weighted by molar-refractivity contribution is 14.1. The molecule has 0 aromatic carbocycles. The Morgan fingerprint density at radius 3 is 2.35 bits per heavy atom. The van der Waals surface area contributed by atoms with E-state index in [2.05, 4.69) is 11.9 Å². The average Bonchev–Trinajstić information content (AvgIpc) is 2.16. The molecular weight excluding hydrogens is 333 g/mol. The number of hydrogen-bond acceptors (Lipinski definition) is 3. The molecule has 0 radical (unpaired) electrons. The first-order chi connectivity index (χ1) is 7.84. The van der Waals surface area contributed by atoms with Crippen molar-refractivity contribution < 1.29 is 14.3 Å². The van der Waals surface area contributed by atoms with Crippen LogP contribution in [-0.2, 0) is 9.47 Å². The number of alkyl carbamates (subject to hydrolysis) is 1. The minimum Gasteiger partial charge on any atom is -0.494 e. The maximum Gasteiger partial charge on any atom is 0.412 e. The van der Waals surface area contributed by atoms with Crippen LogP contribution in [0.5, 0.6) is 0 Å². The Labute approximate surface area is 116 Å². The van der Waals surface area contributed by atoms with Gasteiger partial charge in [-0.2, -0.15) is 0 Å². The van der Waals surface area contributed by atoms with Crippen LogP contribution in [-0.4, -0.2) is 18.8 Å². The van der Waals surface area contributed by atoms with E-state index in [1.807, 2.05) is 22.6 Å². The SMILES string of the molecule is C=C/C=C(NC(=O)OC(C)(C)C)\C(=C/I)OC. The number of carbonyl (C=O) groups is 1. The molecule has 0 aromatic rings. The molecule has 0 spiro atoms. The minimum atomic E-state index is -0.537. The normalized spacial score (nSPS) is 13.0. The summed E-state index contributed by atoms with van der Waals surface area (Å²) in [6.45, 7) is 8.98. The van der Waals surface area contributed by atoms with Crippen molar-refractivity contribution in [2.45, 2.75) is 26.4 Å². The molecule has 0 aliphatic heterocycles. The van der Waals surface area contributed by atoms with E-state index in [0.29, 0.717) is 11.5 Å². The zero-order chi connectivity index (χ0) is 13.5. The molecule has 1 amide bonds. The molecule has 0 heterocycles. The standard InChI is InChI=1S/C12H18INO3/c1-6-7-9(10(8-13)16-5)14-11(15)17-12(2,3)4/h6-8H,1H2,2-5H3,(H,14,15)/b9-7+,10-8+. The lowest BCUT2D eigenvalue weighted by atomic mass is 10.2. The van der Waals surface area contributed by atoms with Gasteiger partial charge in [0.05, 0.1) is 12.8 Å². The van der Waals surface area contributed by atoms with Gasteiger partial charge in [-0.15, -0.1) is 0 Å². The number of methoxy groups -OCH3 is 1. The molecule has 4 nitrogen and oxygen atoms in total. The van der Waals surface area contributed by atoms with E-state index in [0.717, 1.165) is 0 Å². The lowest BCUT2D eigenvalue weighted by Gasteiger charge is -2.20. The Morgan fingerprint density at radius 2 is 2.00 bits per heavy atom. The zero-order valence-corrected chi connectivity index (χ0v) is 12.7. The summed E-state index contributed by atoms with van der Waals surface area (Å²) >= 11 is 2.03. The summed E-state index contributed by atoms with van der Waals surface area (Å²) in [6, 6.07) is 0. The van der Waals surface area contributed by atoms with Crippen LogP contribution in [0.25, 0.3) is 0 Å². The molecule has 17 heavy (non-hydrogen) atoms. The molecule has 5 heteroatoms. The van der Waals surface area contributed by atoms with Gasteiger partial charge in [0.15, 0.2) is 0 Å². The van der Waals surface area contributed by atoms with Gasteiger partial charge in [-0.25, -0.2) is 4.79 Å². The van der Waals surface area contributed by atoms with Crippen molar-refractivity contribution in [3.8, 4) is 0 Å². The molecule has 1 N–H and O–H groups in total. The molecular formula is C12H18INO3. The lowest BCUT2D eigenvalue weighted by Crippen LogP contribution is -2.32. The van der Waals surface area contributed by atoms with Gasteiger partial charge >= 0.3 is 6.09 Å². The Hall–Kier alpha value is -0.980. The highest BCUT2D eigenvalue weighted by atomic mass is 127. The Kier molecular flexibility index (Phi) is 6.94. The van der Waals surface area contributed by atoms with Crippen LogP contribution in [0.2, 0.25) is 0 Å². The van der Waals surface area contributed by atoms with E-state index in [1.54, 1.807) is 37.0 Å². The summed E-state index contributed by atoms with van der Waals surface area (Å²) in [5.74, 6) is 0.538. The third-order valence-electron chi connectivity index (χ3n) is 1.50. The van der Waals surface area contributed by atoms with Gasteiger partial charge in [-0.05, 0) is 49.4 Å². The number of rotatable bonds is 4. The Balaban J connectivity index is 4.74. The van der Waals surface area contributed by atoms with Gasteiger partial charge in [-0.3, -0.25) is 5.32 Å². The first-order valence-electron chi connectivity index (χ1n) is 5.01. The number of carbonyl (C=O) groups excluding carboxylic acids is 1. The molecule has 0 unspecified atom stereocenters. The molecule has 0 aliphatic carbocycles. The van der Waals surface area contributed by atoms with Gasteiger partial charge in [0.2, 0.25) is 0 Å². The monoisotopic (exact) mass is 351 g/mol. The molecule has 0 saturated carbocycles. The Morgan fingerprint density at radius 1 is 1.41 bits per heavy atom. The number of allylic oxidation sites excluding steroid dienone is 2. The summed E-state index contributed by atoms with van der Waals surface area (Å²) in [5, 5.41) is 2.61. The summed E-state index contributed by atoms with van der Waals surface area (Å²) < 4.78 is 12.0. The number of amides is 1. The summed E-state index contributed by atoms with van der Waals surface area (Å²) in [7, 11) is 1.53. The van der Waals surface area contributed by atoms with Crippen LogP contribution < -0.4 is 5.32 Å². The van der Waals surface area contributed by atoms with E-state index < -0.39 is 11.7 Å². The molecule has 0 fully saturated rings. The van der Waals surface area contributed by atoms with Crippen LogP contribution in [0, 0.1) is 0 Å². The van der Waals surface area contributed by atoms with Crippen molar-refractivity contribution in [1.29, 1.82) is 0 Å². The van der Waals surface area contributed by atoms with Crippen LogP contribution in [0.1, 0.15) is 20.8 Å². The fourth-order valence-corrected chi connectivity index (χ4v) is 1.52. The molecule has 0 rings (SSSR count). The van der Waals surface area contributed by atoms with E-state index in [1.165, 1.54) is 7.11 Å². The topological polar surface area (TPSA) is 47.6 Å². The highest BCUT2D eigenvalue weighted by Crippen LogP contribution is 2.13. The predicted molar refractivity (Wildman–Crippen MR) is 76.8 cm³/mol. The minimum absolute atomic E-state index is 0.506. The van der Waals surface area contributed by atoms with Crippen molar-refractivity contribution in [2.24, 2.45) is 0 Å². The van der Waals surface area contributed by atoms with Crippen LogP contribution in [0.3, 0.4) is 0 Å². The van der Waals surface area contributed by atoms with Gasteiger partial charge in [0, 0.05) is 4.08 Å². The highest BCUT2D eigenvalue weighted by Gasteiger charge is 2.18. The number of nitrogens with one attached hydrogen (secondary N) is 1. The summed E-state index contributed by atoms with van der Waals surface area (Å²) in [4.78, 5) is 11.6. The van der Waals surface area contributed by atoms with Gasteiger partial charge < -0.3 is 9.47 Å². The van der Waals surface area contributed by atoms with Crippen molar-refractivity contribution in [2.75, 3.05) is 7.11 Å². The molecule has 0 bridgehead atoms. The molecule has 0 aromatic heterocycles. The van der Waals surface area contributed by atoms with Crippen molar-refractivity contribution in [3.63, 3.8) is 0 Å². The quantitative estimate of drug-likeness (QED) is 0.479. The first kappa shape index (κ1) is 16.0. The van der Waals surface area contributed by atoms with E-state index in [-0.39, 0.29) is 0 Å². The van der Waals surface area contributed by atoms with Crippen LogP contribution >= 0.6 is 22.6 Å². The van der Waals surface area contributed by atoms with Gasteiger partial charge in [0.25, 0.3) is 0 Å². The first-order valence-corrected chi connectivity index (χ1v) is 6.26. The smallest absolute Gasteiger partial charge is 0.412 e. The largest absolute Gasteiger partial charge is 0.494 e. The van der Waals surface area contributed by atoms with Crippen LogP contribution in [0.15, 0.2) is 34.3 Å². The maximum absolute atomic E-state index is 11.6. The molecule has 0 atom stereocenters. The number of ether oxygens (including phenoxy) is 2. The van der Waals surface area contributed by atoms with Crippen molar-refractivity contribution >= 4 is 28.7 Å². The maximum atomic E-state index is 11.6. The van der Waals surface area contributed by atoms with E-state index in [4.69, 9.17) is 9.47 Å². The third kappa shape index (κ3) is 7.04. The van der Waals surface area contributed by atoms with Crippen molar-refractivity contribution in [3.05, 3.63) is 34.3 Å². The zero-order valence-electron chi connectivity index (χ0n) is 10.5. The fourth-order valence-electron chi connectivity index (χ4n) is 0.930.